The standard InChI is InChI=1S/C20H37B/c1-16-10-9-12-17-11-5-6-13-18(17)19(16)20(21)14-7-3-2-4-8-15-20/h16-19H,2-15,21H2,1H3. The van der Waals surface area contributed by atoms with Gasteiger partial charge in [-0.25, -0.2) is 0 Å². The zero-order valence-corrected chi connectivity index (χ0v) is 14.7. The largest absolute Gasteiger partial charge is 0.109 e. The zero-order chi connectivity index (χ0) is 14.7. The van der Waals surface area contributed by atoms with E-state index in [-0.39, 0.29) is 0 Å². The molecule has 4 atom stereocenters. The van der Waals surface area contributed by atoms with Crippen molar-refractivity contribution < 1.29 is 0 Å². The van der Waals surface area contributed by atoms with Crippen LogP contribution in [0, 0.1) is 23.7 Å². The third-order valence-electron chi connectivity index (χ3n) is 7.58. The number of rotatable bonds is 1. The van der Waals surface area contributed by atoms with Crippen LogP contribution >= 0.6 is 0 Å². The van der Waals surface area contributed by atoms with Crippen LogP contribution in [0.3, 0.4) is 0 Å². The molecule has 120 valence electrons. The Morgan fingerprint density at radius 2 is 1.33 bits per heavy atom. The van der Waals surface area contributed by atoms with Gasteiger partial charge in [-0.3, -0.25) is 0 Å². The first kappa shape index (κ1) is 15.9. The summed E-state index contributed by atoms with van der Waals surface area (Å²) in [5.74, 6) is 4.21. The minimum atomic E-state index is 0.671. The van der Waals surface area contributed by atoms with Gasteiger partial charge in [-0.2, -0.15) is 0 Å². The summed E-state index contributed by atoms with van der Waals surface area (Å²) in [7, 11) is 2.70. The fraction of sp³-hybridized carbons (Fsp3) is 1.00. The van der Waals surface area contributed by atoms with Gasteiger partial charge in [0.25, 0.3) is 0 Å². The van der Waals surface area contributed by atoms with Gasteiger partial charge in [0.05, 0.1) is 0 Å². The minimum absolute atomic E-state index is 0.671. The molecule has 0 spiro atoms. The lowest BCUT2D eigenvalue weighted by molar-refractivity contribution is 0.0821. The molecule has 3 rings (SSSR count). The van der Waals surface area contributed by atoms with Crippen molar-refractivity contribution in [2.75, 3.05) is 0 Å². The predicted molar refractivity (Wildman–Crippen MR) is 95.5 cm³/mol. The fourth-order valence-corrected chi connectivity index (χ4v) is 6.62. The second-order valence-electron chi connectivity index (χ2n) is 9.06. The predicted octanol–water partition coefficient (Wildman–Crippen LogP) is 5.77. The number of hydrogen-bond acceptors (Lipinski definition) is 0. The lowest BCUT2D eigenvalue weighted by Gasteiger charge is -2.49. The first-order valence-corrected chi connectivity index (χ1v) is 10.2. The average Bonchev–Trinajstić information content (AvgIpc) is 2.62. The summed E-state index contributed by atoms with van der Waals surface area (Å²) in [6.07, 6.45) is 21.4. The highest BCUT2D eigenvalue weighted by Crippen LogP contribution is 2.57. The van der Waals surface area contributed by atoms with E-state index >= 15 is 0 Å². The van der Waals surface area contributed by atoms with E-state index in [9.17, 15) is 0 Å². The van der Waals surface area contributed by atoms with Gasteiger partial charge in [0.2, 0.25) is 0 Å². The van der Waals surface area contributed by atoms with Gasteiger partial charge in [0.1, 0.15) is 7.85 Å². The van der Waals surface area contributed by atoms with Crippen molar-refractivity contribution in [1.29, 1.82) is 0 Å². The van der Waals surface area contributed by atoms with Crippen LogP contribution in [0.5, 0.6) is 0 Å². The second kappa shape index (κ2) is 7.09. The van der Waals surface area contributed by atoms with Crippen LogP contribution in [0.2, 0.25) is 5.31 Å². The van der Waals surface area contributed by atoms with E-state index in [0.717, 1.165) is 23.7 Å². The molecule has 4 unspecified atom stereocenters. The van der Waals surface area contributed by atoms with E-state index in [1.165, 1.54) is 70.6 Å². The molecule has 0 nitrogen and oxygen atoms in total. The summed E-state index contributed by atoms with van der Waals surface area (Å²) in [5, 5.41) is 0.671. The lowest BCUT2D eigenvalue weighted by atomic mass is 9.48. The Labute approximate surface area is 134 Å². The Hall–Kier alpha value is 0.0649. The molecule has 0 saturated heterocycles. The monoisotopic (exact) mass is 288 g/mol. The Morgan fingerprint density at radius 1 is 0.714 bits per heavy atom. The molecule has 1 heteroatoms. The van der Waals surface area contributed by atoms with Gasteiger partial charge in [0.15, 0.2) is 0 Å². The molecule has 0 amide bonds. The molecule has 0 aromatic heterocycles. The minimum Gasteiger partial charge on any atom is -0.0622 e. The van der Waals surface area contributed by atoms with Crippen LogP contribution in [0.4, 0.5) is 0 Å². The smallest absolute Gasteiger partial charge is 0.0622 e. The topological polar surface area (TPSA) is 0 Å². The fourth-order valence-electron chi connectivity index (χ4n) is 6.62. The third kappa shape index (κ3) is 3.53. The molecule has 0 heterocycles. The van der Waals surface area contributed by atoms with Crippen molar-refractivity contribution in [3.8, 4) is 0 Å². The Kier molecular flexibility index (Phi) is 5.38. The molecule has 0 aromatic carbocycles. The van der Waals surface area contributed by atoms with E-state index in [1.807, 2.05) is 0 Å². The molecular weight excluding hydrogens is 251 g/mol. The van der Waals surface area contributed by atoms with Gasteiger partial charge < -0.3 is 0 Å². The molecule has 0 radical (unpaired) electrons. The molecule has 0 N–H and O–H groups in total. The van der Waals surface area contributed by atoms with Crippen LogP contribution < -0.4 is 0 Å². The van der Waals surface area contributed by atoms with Crippen molar-refractivity contribution in [2.45, 2.75) is 102 Å². The highest BCUT2D eigenvalue weighted by atomic mass is 14.5. The van der Waals surface area contributed by atoms with E-state index in [0.29, 0.717) is 5.31 Å². The van der Waals surface area contributed by atoms with Crippen LogP contribution in [0.1, 0.15) is 96.8 Å². The van der Waals surface area contributed by atoms with E-state index in [4.69, 9.17) is 0 Å². The first-order chi connectivity index (χ1) is 10.2. The van der Waals surface area contributed by atoms with Gasteiger partial charge >= 0.3 is 0 Å². The van der Waals surface area contributed by atoms with Crippen molar-refractivity contribution in [1.82, 2.24) is 0 Å². The van der Waals surface area contributed by atoms with Crippen molar-refractivity contribution in [3.05, 3.63) is 0 Å². The summed E-state index contributed by atoms with van der Waals surface area (Å²) >= 11 is 0. The third-order valence-corrected chi connectivity index (χ3v) is 7.58. The highest BCUT2D eigenvalue weighted by Gasteiger charge is 2.45. The first-order valence-electron chi connectivity index (χ1n) is 10.2. The van der Waals surface area contributed by atoms with Crippen LogP contribution in [-0.4, -0.2) is 7.85 Å². The molecule has 3 aliphatic rings. The van der Waals surface area contributed by atoms with Crippen LogP contribution in [-0.2, 0) is 0 Å². The summed E-state index contributed by atoms with van der Waals surface area (Å²) in [5.41, 5.74) is 0. The normalized spacial score (nSPS) is 41.4. The van der Waals surface area contributed by atoms with Gasteiger partial charge in [-0.1, -0.05) is 95.7 Å². The molecular formula is C20H37B. The maximum atomic E-state index is 2.70. The Morgan fingerprint density at radius 3 is 2.10 bits per heavy atom. The molecule has 0 bridgehead atoms. The Bertz CT molecular complexity index is 316. The quantitative estimate of drug-likeness (QED) is 0.538. The summed E-state index contributed by atoms with van der Waals surface area (Å²) in [6, 6.07) is 0. The molecule has 0 aliphatic heterocycles. The van der Waals surface area contributed by atoms with Gasteiger partial charge in [-0.15, -0.1) is 0 Å². The van der Waals surface area contributed by atoms with Crippen LogP contribution in [0.25, 0.3) is 0 Å². The molecule has 3 fully saturated rings. The lowest BCUT2D eigenvalue weighted by Crippen LogP contribution is -2.38. The molecule has 3 aliphatic carbocycles. The van der Waals surface area contributed by atoms with Crippen molar-refractivity contribution in [2.24, 2.45) is 23.7 Å². The zero-order valence-electron chi connectivity index (χ0n) is 14.7. The molecule has 3 saturated carbocycles. The highest BCUT2D eigenvalue weighted by molar-refractivity contribution is 6.15. The summed E-state index contributed by atoms with van der Waals surface area (Å²) < 4.78 is 0. The Balaban J connectivity index is 1.83. The van der Waals surface area contributed by atoms with Crippen molar-refractivity contribution in [3.63, 3.8) is 0 Å². The van der Waals surface area contributed by atoms with E-state index in [2.05, 4.69) is 14.8 Å². The van der Waals surface area contributed by atoms with E-state index in [1.54, 1.807) is 19.3 Å². The van der Waals surface area contributed by atoms with Crippen LogP contribution in [0.15, 0.2) is 0 Å². The number of hydrogen-bond donors (Lipinski definition) is 0. The van der Waals surface area contributed by atoms with Gasteiger partial charge in [0, 0.05) is 0 Å². The van der Waals surface area contributed by atoms with Crippen molar-refractivity contribution >= 4 is 7.85 Å². The maximum absolute atomic E-state index is 2.70. The van der Waals surface area contributed by atoms with E-state index < -0.39 is 0 Å². The molecule has 21 heavy (non-hydrogen) atoms. The SMILES string of the molecule is BC1(C2C(C)CCCC3CCCCC32)CCCCCCC1. The summed E-state index contributed by atoms with van der Waals surface area (Å²) in [6.45, 7) is 2.62. The summed E-state index contributed by atoms with van der Waals surface area (Å²) in [4.78, 5) is 0. The average molecular weight is 288 g/mol. The second-order valence-corrected chi connectivity index (χ2v) is 9.06. The maximum Gasteiger partial charge on any atom is 0.109 e. The number of fused-ring (bicyclic) bond motifs is 1. The van der Waals surface area contributed by atoms with Gasteiger partial charge in [-0.05, 0) is 30.1 Å². The molecule has 0 aromatic rings.